The number of rotatable bonds is 0. The molecule has 0 saturated carbocycles. The Morgan fingerprint density at radius 1 is 1.25 bits per heavy atom. The topological polar surface area (TPSA) is 17.1 Å². The fourth-order valence-electron chi connectivity index (χ4n) is 0. The van der Waals surface area contributed by atoms with Crippen LogP contribution in [-0.2, 0) is 36.9 Å². The second kappa shape index (κ2) is 23.0. The van der Waals surface area contributed by atoms with Crippen LogP contribution in [0.3, 0.4) is 0 Å². The Bertz CT molecular complexity index is 8.00. The van der Waals surface area contributed by atoms with Crippen molar-refractivity contribution in [2.75, 3.05) is 0 Å². The summed E-state index contributed by atoms with van der Waals surface area (Å²) in [4.78, 5) is 0. The van der Waals surface area contributed by atoms with Crippen molar-refractivity contribution >= 4 is 22.5 Å². The fourth-order valence-corrected chi connectivity index (χ4v) is 0. The Hall–Kier alpha value is 1.62. The van der Waals surface area contributed by atoms with Crippen LogP contribution in [-0.4, -0.2) is 22.5 Å². The van der Waals surface area contributed by atoms with Crippen LogP contribution >= 0.6 is 0 Å². The predicted molar refractivity (Wildman–Crippen MR) is 6.44 cm³/mol. The molecular weight excluding hydrogens is 257 g/mol. The fraction of sp³-hybridized carbons (Fsp3) is 0. The van der Waals surface area contributed by atoms with Gasteiger partial charge in [-0.15, -0.1) is 0 Å². The molecule has 0 aromatic carbocycles. The molecule has 0 aromatic heterocycles. The first-order chi connectivity index (χ1) is 1.00. The van der Waals surface area contributed by atoms with Crippen molar-refractivity contribution in [3.05, 3.63) is 0 Å². The summed E-state index contributed by atoms with van der Waals surface area (Å²) in [6.45, 7) is 0. The van der Waals surface area contributed by atoms with Gasteiger partial charge in [-0.05, 0) is 0 Å². The summed E-state index contributed by atoms with van der Waals surface area (Å²) in [5, 5.41) is 0. The van der Waals surface area contributed by atoms with Gasteiger partial charge in [0.2, 0.25) is 0 Å². The zero-order chi connectivity index (χ0) is 2.00. The van der Waals surface area contributed by atoms with Crippen LogP contribution in [0.2, 0.25) is 0 Å². The first-order valence-corrected chi connectivity index (χ1v) is 1.37. The average molecular weight is 257 g/mol. The molecule has 0 heterocycles. The van der Waals surface area contributed by atoms with E-state index in [1.54, 1.807) is 0 Å². The molecular formula is CoCuOSn. The van der Waals surface area contributed by atoms with Crippen molar-refractivity contribution in [1.82, 2.24) is 0 Å². The van der Waals surface area contributed by atoms with Crippen LogP contribution in [0.4, 0.5) is 0 Å². The van der Waals surface area contributed by atoms with Crippen LogP contribution in [0, 0.1) is 0 Å². The van der Waals surface area contributed by atoms with Gasteiger partial charge in [-0.25, -0.2) is 0 Å². The van der Waals surface area contributed by atoms with Gasteiger partial charge in [-0.2, -0.15) is 0 Å². The predicted octanol–water partition coefficient (Wildman–Crippen LogP) is -0.505. The van der Waals surface area contributed by atoms with Crippen LogP contribution in [0.25, 0.3) is 0 Å². The second-order valence-electron chi connectivity index (χ2n) is 0. The van der Waals surface area contributed by atoms with E-state index in [2.05, 4.69) is 0 Å². The molecule has 0 aliphatic heterocycles. The monoisotopic (exact) mass is 258 g/mol. The van der Waals surface area contributed by atoms with Crippen LogP contribution in [0.5, 0.6) is 0 Å². The summed E-state index contributed by atoms with van der Waals surface area (Å²) in [6, 6.07) is 0. The van der Waals surface area contributed by atoms with E-state index in [1.165, 1.54) is 0 Å². The zero-order valence-corrected chi connectivity index (χ0v) is 6.38. The van der Waals surface area contributed by atoms with E-state index in [1.807, 2.05) is 0 Å². The van der Waals surface area contributed by atoms with Gasteiger partial charge in [0, 0.05) is 33.8 Å². The minimum absolute atomic E-state index is 0. The number of hydrogen-bond donors (Lipinski definition) is 0. The van der Waals surface area contributed by atoms with Gasteiger partial charge in [0.15, 0.2) is 0 Å². The average Bonchev–Trinajstić information content (AvgIpc) is 1.00. The Balaban J connectivity index is -0.00000000500. The van der Waals surface area contributed by atoms with Crippen molar-refractivity contribution < 1.29 is 36.9 Å². The molecule has 0 spiro atoms. The summed E-state index contributed by atoms with van der Waals surface area (Å²) in [6.07, 6.45) is 0. The van der Waals surface area contributed by atoms with E-state index in [0.717, 1.165) is 0 Å². The molecule has 0 rings (SSSR count). The molecule has 0 fully saturated rings. The summed E-state index contributed by atoms with van der Waals surface area (Å²) in [7, 11) is 0. The molecule has 0 aliphatic carbocycles. The first kappa shape index (κ1) is 17.5. The molecule has 0 amide bonds. The third-order valence-electron chi connectivity index (χ3n) is 0. The summed E-state index contributed by atoms with van der Waals surface area (Å²) in [5.74, 6) is 0. The summed E-state index contributed by atoms with van der Waals surface area (Å²) in [5.41, 5.74) is 0. The Kier molecular flexibility index (Phi) is 100. The Morgan fingerprint density at radius 2 is 1.25 bits per heavy atom. The SMILES string of the molecule is [Co].[Cu].[O]=[Sn]. The third kappa shape index (κ3) is 9.46. The molecule has 0 saturated heterocycles. The van der Waals surface area contributed by atoms with Crippen molar-refractivity contribution in [1.29, 1.82) is 0 Å². The van der Waals surface area contributed by atoms with E-state index in [0.29, 0.717) is 22.5 Å². The van der Waals surface area contributed by atoms with Crippen LogP contribution in [0.1, 0.15) is 0 Å². The minimum atomic E-state index is 0. The molecule has 0 bridgehead atoms. The maximum atomic E-state index is 8.34. The quantitative estimate of drug-likeness (QED) is 0.534. The molecule has 0 atom stereocenters. The van der Waals surface area contributed by atoms with Crippen molar-refractivity contribution in [2.24, 2.45) is 0 Å². The standard InChI is InChI=1S/Co.Cu.O.Sn. The van der Waals surface area contributed by atoms with Gasteiger partial charge in [0.05, 0.1) is 0 Å². The first-order valence-electron chi connectivity index (χ1n) is 0.204. The van der Waals surface area contributed by atoms with E-state index in [-0.39, 0.29) is 33.8 Å². The molecule has 0 N–H and O–H groups in total. The van der Waals surface area contributed by atoms with Gasteiger partial charge in [-0.1, -0.05) is 0 Å². The van der Waals surface area contributed by atoms with Gasteiger partial charge in [-0.3, -0.25) is 0 Å². The molecule has 30 valence electrons. The van der Waals surface area contributed by atoms with Gasteiger partial charge >= 0.3 is 25.6 Å². The van der Waals surface area contributed by atoms with Crippen molar-refractivity contribution in [2.45, 2.75) is 0 Å². The number of hydrogen-bond acceptors (Lipinski definition) is 1. The molecule has 4 heteroatoms. The van der Waals surface area contributed by atoms with E-state index >= 15 is 0 Å². The molecule has 1 nitrogen and oxygen atoms in total. The summed E-state index contributed by atoms with van der Waals surface area (Å²) < 4.78 is 8.34. The van der Waals surface area contributed by atoms with Crippen LogP contribution < -0.4 is 0 Å². The zero-order valence-electron chi connectivity index (χ0n) is 1.54. The second-order valence-corrected chi connectivity index (χ2v) is 0. The molecule has 0 aromatic rings. The molecule has 0 aliphatic rings. The van der Waals surface area contributed by atoms with Crippen molar-refractivity contribution in [3.8, 4) is 0 Å². The van der Waals surface area contributed by atoms with E-state index in [4.69, 9.17) is 3.08 Å². The molecule has 4 radical (unpaired) electrons. The third-order valence-corrected chi connectivity index (χ3v) is 0. The summed E-state index contributed by atoms with van der Waals surface area (Å²) >= 11 is 0.300. The normalized spacial score (nSPS) is 1.00. The molecule has 4 heavy (non-hydrogen) atoms. The van der Waals surface area contributed by atoms with Crippen LogP contribution in [0.15, 0.2) is 0 Å². The van der Waals surface area contributed by atoms with E-state index in [9.17, 15) is 0 Å². The van der Waals surface area contributed by atoms with Gasteiger partial charge in [0.25, 0.3) is 0 Å². The van der Waals surface area contributed by atoms with Gasteiger partial charge < -0.3 is 0 Å². The van der Waals surface area contributed by atoms with Gasteiger partial charge in [0.1, 0.15) is 0 Å². The van der Waals surface area contributed by atoms with E-state index < -0.39 is 0 Å². The molecule has 0 unspecified atom stereocenters. The maximum absolute atomic E-state index is 8.34. The van der Waals surface area contributed by atoms with Crippen molar-refractivity contribution in [3.63, 3.8) is 0 Å². The Labute approximate surface area is 59.0 Å². The Morgan fingerprint density at radius 3 is 1.25 bits per heavy atom.